The average Bonchev–Trinajstić information content (AvgIpc) is 1.58. The first-order valence-corrected chi connectivity index (χ1v) is 3.91. The second-order valence-corrected chi connectivity index (χ2v) is 3.93. The van der Waals surface area contributed by atoms with Crippen LogP contribution in [0.25, 0.3) is 0 Å². The molecule has 0 heterocycles. The Morgan fingerprint density at radius 3 is 2.33 bits per heavy atom. The summed E-state index contributed by atoms with van der Waals surface area (Å²) in [5.74, 6) is 1.63. The first-order chi connectivity index (χ1) is 4.18. The van der Waals surface area contributed by atoms with Gasteiger partial charge in [-0.05, 0) is 44.4 Å². The van der Waals surface area contributed by atoms with Crippen LogP contribution in [0.2, 0.25) is 0 Å². The Kier molecular flexibility index (Phi) is 0.963. The summed E-state index contributed by atoms with van der Waals surface area (Å²) in [4.78, 5) is 0. The van der Waals surface area contributed by atoms with Crippen molar-refractivity contribution in [3.8, 4) is 0 Å². The fourth-order valence-electron chi connectivity index (χ4n) is 2.18. The molecule has 3 rings (SSSR count). The molecular formula is C8H14O. The minimum atomic E-state index is -0.297. The molecule has 0 spiro atoms. The van der Waals surface area contributed by atoms with Crippen LogP contribution in [0.1, 0.15) is 32.6 Å². The van der Waals surface area contributed by atoms with E-state index in [1.54, 1.807) is 0 Å². The molecule has 0 aliphatic heterocycles. The van der Waals surface area contributed by atoms with Crippen LogP contribution in [0, 0.1) is 11.8 Å². The molecule has 3 aliphatic carbocycles. The van der Waals surface area contributed by atoms with E-state index in [1.165, 1.54) is 19.3 Å². The van der Waals surface area contributed by atoms with Crippen molar-refractivity contribution < 1.29 is 5.11 Å². The summed E-state index contributed by atoms with van der Waals surface area (Å²) in [6, 6.07) is 0. The maximum atomic E-state index is 9.68. The lowest BCUT2D eigenvalue weighted by Gasteiger charge is -2.50. The first kappa shape index (κ1) is 5.72. The van der Waals surface area contributed by atoms with Crippen molar-refractivity contribution in [1.29, 1.82) is 0 Å². The monoisotopic (exact) mass is 126 g/mol. The number of rotatable bonds is 0. The van der Waals surface area contributed by atoms with Crippen molar-refractivity contribution >= 4 is 0 Å². The van der Waals surface area contributed by atoms with Crippen LogP contribution in [-0.4, -0.2) is 10.7 Å². The minimum absolute atomic E-state index is 0.297. The van der Waals surface area contributed by atoms with Crippen LogP contribution in [0.5, 0.6) is 0 Å². The number of fused-ring (bicyclic) bond motifs is 2. The van der Waals surface area contributed by atoms with Crippen molar-refractivity contribution in [2.24, 2.45) is 11.8 Å². The lowest BCUT2D eigenvalue weighted by molar-refractivity contribution is -0.106. The van der Waals surface area contributed by atoms with E-state index < -0.39 is 0 Å². The standard InChI is InChI=1S/C8H14O/c1-8(9)3-2-6-4-7(8)5-6/h6-7,9H,2-5H2,1H3/t6?,7?,8-/m0/s1. The molecule has 1 heteroatoms. The maximum absolute atomic E-state index is 9.68. The van der Waals surface area contributed by atoms with Crippen molar-refractivity contribution in [3.05, 3.63) is 0 Å². The molecule has 3 fully saturated rings. The Labute approximate surface area is 56.1 Å². The molecule has 1 atom stereocenters. The summed E-state index contributed by atoms with van der Waals surface area (Å²) in [5.41, 5.74) is -0.297. The van der Waals surface area contributed by atoms with Gasteiger partial charge in [-0.2, -0.15) is 0 Å². The Morgan fingerprint density at radius 1 is 1.44 bits per heavy atom. The van der Waals surface area contributed by atoms with E-state index in [2.05, 4.69) is 0 Å². The van der Waals surface area contributed by atoms with Gasteiger partial charge in [-0.15, -0.1) is 0 Å². The highest BCUT2D eigenvalue weighted by atomic mass is 16.3. The van der Waals surface area contributed by atoms with Gasteiger partial charge in [0.1, 0.15) is 0 Å². The summed E-state index contributed by atoms with van der Waals surface area (Å²) >= 11 is 0. The van der Waals surface area contributed by atoms with Crippen molar-refractivity contribution in [2.45, 2.75) is 38.2 Å². The second-order valence-electron chi connectivity index (χ2n) is 3.93. The summed E-state index contributed by atoms with van der Waals surface area (Å²) < 4.78 is 0. The molecule has 3 aliphatic rings. The first-order valence-electron chi connectivity index (χ1n) is 3.91. The van der Waals surface area contributed by atoms with Crippen LogP contribution >= 0.6 is 0 Å². The molecule has 1 nitrogen and oxygen atoms in total. The predicted octanol–water partition coefficient (Wildman–Crippen LogP) is 1.56. The van der Waals surface area contributed by atoms with Crippen LogP contribution in [0.4, 0.5) is 0 Å². The van der Waals surface area contributed by atoms with E-state index in [9.17, 15) is 5.11 Å². The van der Waals surface area contributed by atoms with Crippen molar-refractivity contribution in [2.75, 3.05) is 0 Å². The van der Waals surface area contributed by atoms with Gasteiger partial charge in [0.2, 0.25) is 0 Å². The van der Waals surface area contributed by atoms with Crippen LogP contribution in [-0.2, 0) is 0 Å². The smallest absolute Gasteiger partial charge is 0.0648 e. The zero-order chi connectivity index (χ0) is 6.48. The van der Waals surface area contributed by atoms with E-state index >= 15 is 0 Å². The minimum Gasteiger partial charge on any atom is -0.390 e. The molecule has 2 bridgehead atoms. The Bertz CT molecular complexity index is 120. The van der Waals surface area contributed by atoms with Gasteiger partial charge in [0, 0.05) is 0 Å². The highest BCUT2D eigenvalue weighted by Gasteiger charge is 2.46. The highest BCUT2D eigenvalue weighted by molar-refractivity contribution is 4.97. The largest absolute Gasteiger partial charge is 0.390 e. The molecule has 0 radical (unpaired) electrons. The molecule has 0 amide bonds. The quantitative estimate of drug-likeness (QED) is 0.522. The number of aliphatic hydroxyl groups is 1. The maximum Gasteiger partial charge on any atom is 0.0648 e. The fraction of sp³-hybridized carbons (Fsp3) is 1.00. The summed E-state index contributed by atoms with van der Waals surface area (Å²) in [6.07, 6.45) is 4.91. The number of hydrogen-bond acceptors (Lipinski definition) is 1. The van der Waals surface area contributed by atoms with E-state index in [0.29, 0.717) is 5.92 Å². The average molecular weight is 126 g/mol. The zero-order valence-electron chi connectivity index (χ0n) is 5.93. The third kappa shape index (κ3) is 0.710. The highest BCUT2D eigenvalue weighted by Crippen LogP contribution is 2.50. The fourth-order valence-corrected chi connectivity index (χ4v) is 2.18. The van der Waals surface area contributed by atoms with Gasteiger partial charge in [-0.25, -0.2) is 0 Å². The van der Waals surface area contributed by atoms with Gasteiger partial charge in [-0.3, -0.25) is 0 Å². The lowest BCUT2D eigenvalue weighted by Crippen LogP contribution is -2.48. The molecule has 0 aromatic carbocycles. The molecule has 1 N–H and O–H groups in total. The molecule has 0 unspecified atom stereocenters. The molecule has 0 saturated heterocycles. The van der Waals surface area contributed by atoms with E-state index in [0.717, 1.165) is 12.3 Å². The van der Waals surface area contributed by atoms with E-state index in [1.807, 2.05) is 6.92 Å². The van der Waals surface area contributed by atoms with Crippen LogP contribution < -0.4 is 0 Å². The number of hydrogen-bond donors (Lipinski definition) is 1. The van der Waals surface area contributed by atoms with Crippen LogP contribution in [0.3, 0.4) is 0 Å². The lowest BCUT2D eigenvalue weighted by atomic mass is 9.58. The third-order valence-corrected chi connectivity index (χ3v) is 3.17. The normalized spacial score (nSPS) is 56.7. The van der Waals surface area contributed by atoms with Gasteiger partial charge in [0.15, 0.2) is 0 Å². The van der Waals surface area contributed by atoms with Gasteiger partial charge >= 0.3 is 0 Å². The Balaban J connectivity index is 2.10. The molecule has 3 saturated carbocycles. The topological polar surface area (TPSA) is 20.2 Å². The SMILES string of the molecule is C[C@]1(O)CCC2CC1C2. The Hall–Kier alpha value is -0.0400. The molecule has 0 aromatic rings. The second kappa shape index (κ2) is 1.51. The zero-order valence-corrected chi connectivity index (χ0v) is 5.93. The van der Waals surface area contributed by atoms with Gasteiger partial charge in [0.25, 0.3) is 0 Å². The van der Waals surface area contributed by atoms with Crippen LogP contribution in [0.15, 0.2) is 0 Å². The van der Waals surface area contributed by atoms with Gasteiger partial charge < -0.3 is 5.11 Å². The molecular weight excluding hydrogens is 112 g/mol. The van der Waals surface area contributed by atoms with E-state index in [-0.39, 0.29) is 5.60 Å². The Morgan fingerprint density at radius 2 is 2.11 bits per heavy atom. The van der Waals surface area contributed by atoms with E-state index in [4.69, 9.17) is 0 Å². The summed E-state index contributed by atoms with van der Waals surface area (Å²) in [6.45, 7) is 1.99. The summed E-state index contributed by atoms with van der Waals surface area (Å²) in [7, 11) is 0. The van der Waals surface area contributed by atoms with Gasteiger partial charge in [0.05, 0.1) is 5.60 Å². The molecule has 52 valence electrons. The third-order valence-electron chi connectivity index (χ3n) is 3.17. The molecule has 0 aromatic heterocycles. The van der Waals surface area contributed by atoms with Crippen molar-refractivity contribution in [3.63, 3.8) is 0 Å². The van der Waals surface area contributed by atoms with Crippen molar-refractivity contribution in [1.82, 2.24) is 0 Å². The van der Waals surface area contributed by atoms with Gasteiger partial charge in [-0.1, -0.05) is 0 Å². The predicted molar refractivity (Wildman–Crippen MR) is 36.1 cm³/mol. The summed E-state index contributed by atoms with van der Waals surface area (Å²) in [5, 5.41) is 9.68. The molecule has 9 heavy (non-hydrogen) atoms.